The van der Waals surface area contributed by atoms with Gasteiger partial charge in [0.15, 0.2) is 0 Å². The van der Waals surface area contributed by atoms with Crippen LogP contribution in [0.15, 0.2) is 0 Å². The molecule has 0 aliphatic rings. The maximum Gasteiger partial charge on any atom is 0.306 e. The lowest BCUT2D eigenvalue weighted by molar-refractivity contribution is -0.140. The standard InChI is InChI=1S/C7H13F2NO3/c1-13-6(12)2-3-10-4-7(8,9)5-11/h10-11H,2-5H2,1H3. The first-order valence-electron chi connectivity index (χ1n) is 3.78. The average molecular weight is 197 g/mol. The van der Waals surface area contributed by atoms with E-state index in [0.717, 1.165) is 0 Å². The van der Waals surface area contributed by atoms with Gasteiger partial charge in [0.05, 0.1) is 20.1 Å². The molecule has 0 aromatic heterocycles. The number of hydrogen-bond acceptors (Lipinski definition) is 4. The topological polar surface area (TPSA) is 58.6 Å². The number of aliphatic hydroxyl groups is 1. The Labute approximate surface area is 74.9 Å². The number of esters is 1. The first kappa shape index (κ1) is 12.2. The Bertz CT molecular complexity index is 164. The van der Waals surface area contributed by atoms with Crippen LogP contribution in [-0.4, -0.2) is 43.8 Å². The molecule has 0 unspecified atom stereocenters. The lowest BCUT2D eigenvalue weighted by atomic mass is 10.3. The summed E-state index contributed by atoms with van der Waals surface area (Å²) in [4.78, 5) is 10.5. The largest absolute Gasteiger partial charge is 0.469 e. The molecule has 0 bridgehead atoms. The van der Waals surface area contributed by atoms with Gasteiger partial charge >= 0.3 is 5.97 Å². The van der Waals surface area contributed by atoms with Gasteiger partial charge in [-0.25, -0.2) is 8.78 Å². The third-order valence-corrected chi connectivity index (χ3v) is 1.35. The van der Waals surface area contributed by atoms with E-state index in [1.54, 1.807) is 0 Å². The normalized spacial score (nSPS) is 11.4. The van der Waals surface area contributed by atoms with E-state index in [1.807, 2.05) is 0 Å². The molecule has 0 aliphatic carbocycles. The number of hydrogen-bond donors (Lipinski definition) is 2. The van der Waals surface area contributed by atoms with Crippen molar-refractivity contribution >= 4 is 5.97 Å². The van der Waals surface area contributed by atoms with Gasteiger partial charge in [0, 0.05) is 6.54 Å². The SMILES string of the molecule is COC(=O)CCNCC(F)(F)CO. The summed E-state index contributed by atoms with van der Waals surface area (Å²) in [5, 5.41) is 10.5. The van der Waals surface area contributed by atoms with E-state index in [4.69, 9.17) is 5.11 Å². The highest BCUT2D eigenvalue weighted by molar-refractivity contribution is 5.69. The zero-order valence-electron chi connectivity index (χ0n) is 7.35. The van der Waals surface area contributed by atoms with Crippen LogP contribution in [0.4, 0.5) is 8.78 Å². The minimum absolute atomic E-state index is 0.0397. The van der Waals surface area contributed by atoms with E-state index in [2.05, 4.69) is 10.1 Å². The summed E-state index contributed by atoms with van der Waals surface area (Å²) in [5.74, 6) is -3.59. The molecule has 0 heterocycles. The third kappa shape index (κ3) is 6.41. The van der Waals surface area contributed by atoms with Crippen LogP contribution >= 0.6 is 0 Å². The van der Waals surface area contributed by atoms with Crippen LogP contribution in [0.1, 0.15) is 6.42 Å². The molecule has 0 saturated carbocycles. The van der Waals surface area contributed by atoms with Crippen molar-refractivity contribution < 1.29 is 23.4 Å². The molecular weight excluding hydrogens is 184 g/mol. The Balaban J connectivity index is 3.41. The highest BCUT2D eigenvalue weighted by Crippen LogP contribution is 2.09. The van der Waals surface area contributed by atoms with E-state index < -0.39 is 25.0 Å². The van der Waals surface area contributed by atoms with Gasteiger partial charge in [0.2, 0.25) is 0 Å². The van der Waals surface area contributed by atoms with E-state index >= 15 is 0 Å². The number of aliphatic hydroxyl groups excluding tert-OH is 1. The molecular formula is C7H13F2NO3. The third-order valence-electron chi connectivity index (χ3n) is 1.35. The second-order valence-electron chi connectivity index (χ2n) is 2.52. The number of rotatable bonds is 6. The summed E-state index contributed by atoms with van der Waals surface area (Å²) >= 11 is 0. The Hall–Kier alpha value is -0.750. The summed E-state index contributed by atoms with van der Waals surface area (Å²) < 4.78 is 29.0. The quantitative estimate of drug-likeness (QED) is 0.456. The van der Waals surface area contributed by atoms with Crippen molar-refractivity contribution in [3.05, 3.63) is 0 Å². The van der Waals surface area contributed by atoms with Gasteiger partial charge in [0.1, 0.15) is 6.61 Å². The van der Waals surface area contributed by atoms with E-state index in [0.29, 0.717) is 0 Å². The lowest BCUT2D eigenvalue weighted by Gasteiger charge is -2.13. The molecule has 0 atom stereocenters. The lowest BCUT2D eigenvalue weighted by Crippen LogP contribution is -2.36. The van der Waals surface area contributed by atoms with E-state index in [9.17, 15) is 13.6 Å². The van der Waals surface area contributed by atoms with Crippen LogP contribution in [-0.2, 0) is 9.53 Å². The number of nitrogens with one attached hydrogen (secondary N) is 1. The van der Waals surface area contributed by atoms with Crippen LogP contribution in [0.3, 0.4) is 0 Å². The van der Waals surface area contributed by atoms with Crippen LogP contribution in [0.2, 0.25) is 0 Å². The van der Waals surface area contributed by atoms with E-state index in [1.165, 1.54) is 7.11 Å². The average Bonchev–Trinajstić information content (AvgIpc) is 2.12. The molecule has 4 nitrogen and oxygen atoms in total. The maximum absolute atomic E-state index is 12.3. The zero-order valence-corrected chi connectivity index (χ0v) is 7.35. The van der Waals surface area contributed by atoms with Crippen LogP contribution < -0.4 is 5.32 Å². The predicted molar refractivity (Wildman–Crippen MR) is 41.5 cm³/mol. The zero-order chi connectivity index (χ0) is 10.3. The molecule has 0 spiro atoms. The van der Waals surface area contributed by atoms with Gasteiger partial charge in [0.25, 0.3) is 5.92 Å². The van der Waals surface area contributed by atoms with Gasteiger partial charge in [-0.15, -0.1) is 0 Å². The Kier molecular flexibility index (Phi) is 5.48. The smallest absolute Gasteiger partial charge is 0.306 e. The fraction of sp³-hybridized carbons (Fsp3) is 0.857. The van der Waals surface area contributed by atoms with Gasteiger partial charge in [-0.1, -0.05) is 0 Å². The molecule has 2 N–H and O–H groups in total. The molecule has 0 aromatic rings. The minimum Gasteiger partial charge on any atom is -0.469 e. The van der Waals surface area contributed by atoms with E-state index in [-0.39, 0.29) is 13.0 Å². The second kappa shape index (κ2) is 5.82. The second-order valence-corrected chi connectivity index (χ2v) is 2.52. The van der Waals surface area contributed by atoms with Crippen molar-refractivity contribution in [2.75, 3.05) is 26.8 Å². The molecule has 0 rings (SSSR count). The summed E-state index contributed by atoms with van der Waals surface area (Å²) in [5.41, 5.74) is 0. The number of carbonyl (C=O) groups is 1. The molecule has 78 valence electrons. The van der Waals surface area contributed by atoms with Crippen LogP contribution in [0.5, 0.6) is 0 Å². The number of halogens is 2. The number of carbonyl (C=O) groups excluding carboxylic acids is 1. The van der Waals surface area contributed by atoms with Crippen molar-refractivity contribution in [3.63, 3.8) is 0 Å². The Morgan fingerprint density at radius 3 is 2.69 bits per heavy atom. The van der Waals surface area contributed by atoms with Gasteiger partial charge in [-0.2, -0.15) is 0 Å². The van der Waals surface area contributed by atoms with Crippen LogP contribution in [0, 0.1) is 0 Å². The first-order valence-corrected chi connectivity index (χ1v) is 3.78. The molecule has 0 radical (unpaired) electrons. The fourth-order valence-electron chi connectivity index (χ4n) is 0.620. The number of methoxy groups -OCH3 is 1. The molecule has 0 aliphatic heterocycles. The fourth-order valence-corrected chi connectivity index (χ4v) is 0.620. The highest BCUT2D eigenvalue weighted by Gasteiger charge is 2.26. The Morgan fingerprint density at radius 1 is 1.62 bits per heavy atom. The summed E-state index contributed by atoms with van der Waals surface area (Å²) in [6.07, 6.45) is 0.0397. The molecule has 6 heteroatoms. The molecule has 0 amide bonds. The molecule has 0 fully saturated rings. The van der Waals surface area contributed by atoms with Crippen molar-refractivity contribution in [2.24, 2.45) is 0 Å². The number of ether oxygens (including phenoxy) is 1. The van der Waals surface area contributed by atoms with Crippen molar-refractivity contribution in [1.29, 1.82) is 0 Å². The van der Waals surface area contributed by atoms with Crippen molar-refractivity contribution in [3.8, 4) is 0 Å². The van der Waals surface area contributed by atoms with Gasteiger partial charge < -0.3 is 15.2 Å². The van der Waals surface area contributed by atoms with Crippen LogP contribution in [0.25, 0.3) is 0 Å². The van der Waals surface area contributed by atoms with Gasteiger partial charge in [-0.05, 0) is 0 Å². The molecule has 0 saturated heterocycles. The molecule has 0 aromatic carbocycles. The number of alkyl halides is 2. The minimum atomic E-state index is -3.13. The van der Waals surface area contributed by atoms with Gasteiger partial charge in [-0.3, -0.25) is 4.79 Å². The first-order chi connectivity index (χ1) is 6.02. The van der Waals surface area contributed by atoms with Crippen molar-refractivity contribution in [2.45, 2.75) is 12.3 Å². The monoisotopic (exact) mass is 197 g/mol. The summed E-state index contributed by atoms with van der Waals surface area (Å²) in [6, 6.07) is 0. The predicted octanol–water partition coefficient (Wildman–Crippen LogP) is -0.233. The molecule has 13 heavy (non-hydrogen) atoms. The Morgan fingerprint density at radius 2 is 2.23 bits per heavy atom. The summed E-state index contributed by atoms with van der Waals surface area (Å²) in [7, 11) is 1.23. The maximum atomic E-state index is 12.3. The van der Waals surface area contributed by atoms with Crippen molar-refractivity contribution in [1.82, 2.24) is 5.32 Å². The highest BCUT2D eigenvalue weighted by atomic mass is 19.3. The summed E-state index contributed by atoms with van der Waals surface area (Å²) in [6.45, 7) is -1.72.